The number of hydrazone groups is 1. The van der Waals surface area contributed by atoms with E-state index in [0.29, 0.717) is 0 Å². The number of para-hydroxylation sites is 1. The second-order valence-electron chi connectivity index (χ2n) is 3.89. The second kappa shape index (κ2) is 5.64. The molecule has 0 saturated carbocycles. The number of benzene rings is 1. The normalized spacial score (nSPS) is 15.9. The largest absolute Gasteiger partial charge is 0.481 e. The quantitative estimate of drug-likeness (QED) is 0.652. The van der Waals surface area contributed by atoms with Crippen LogP contribution in [0.4, 0.5) is 14.5 Å². The molecule has 8 heteroatoms. The van der Waals surface area contributed by atoms with Gasteiger partial charge in [0.2, 0.25) is 18.1 Å². The number of alkyl halides is 1. The molecule has 0 saturated heterocycles. The van der Waals surface area contributed by atoms with Gasteiger partial charge in [-0.05, 0) is 6.07 Å². The molecular formula is C12H14F2N4O2. The zero-order valence-corrected chi connectivity index (χ0v) is 10.9. The van der Waals surface area contributed by atoms with Gasteiger partial charge in [0.1, 0.15) is 5.82 Å². The molecule has 1 aromatic rings. The summed E-state index contributed by atoms with van der Waals surface area (Å²) < 4.78 is 37.7. The molecule has 0 aliphatic carbocycles. The summed E-state index contributed by atoms with van der Waals surface area (Å²) in [6, 6.07) is 3.89. The Bertz CT molecular complexity index is 562. The van der Waals surface area contributed by atoms with E-state index in [1.54, 1.807) is 0 Å². The molecule has 6 nitrogen and oxygen atoms in total. The highest BCUT2D eigenvalue weighted by molar-refractivity contribution is 5.88. The molecule has 0 fully saturated rings. The van der Waals surface area contributed by atoms with Crippen molar-refractivity contribution in [3.8, 4) is 0 Å². The van der Waals surface area contributed by atoms with Gasteiger partial charge in [-0.3, -0.25) is 0 Å². The topological polar surface area (TPSA) is 72.1 Å². The number of rotatable bonds is 3. The summed E-state index contributed by atoms with van der Waals surface area (Å²) in [5, 5.41) is 4.69. The zero-order chi connectivity index (χ0) is 14.7. The van der Waals surface area contributed by atoms with Crippen molar-refractivity contribution in [1.29, 1.82) is 0 Å². The van der Waals surface area contributed by atoms with Crippen LogP contribution in [0.15, 0.2) is 35.3 Å². The van der Waals surface area contributed by atoms with Gasteiger partial charge in [0, 0.05) is 5.56 Å². The van der Waals surface area contributed by atoms with Gasteiger partial charge in [0.25, 0.3) is 0 Å². The molecule has 1 aromatic carbocycles. The van der Waals surface area contributed by atoms with Crippen molar-refractivity contribution in [2.45, 2.75) is 6.30 Å². The maximum absolute atomic E-state index is 14.5. The lowest BCUT2D eigenvalue weighted by Gasteiger charge is -2.28. The highest BCUT2D eigenvalue weighted by atomic mass is 19.1. The van der Waals surface area contributed by atoms with Gasteiger partial charge in [-0.2, -0.15) is 5.12 Å². The summed E-state index contributed by atoms with van der Waals surface area (Å²) in [7, 11) is 2.79. The van der Waals surface area contributed by atoms with Crippen molar-refractivity contribution in [1.82, 2.24) is 10.5 Å². The fourth-order valence-corrected chi connectivity index (χ4v) is 1.62. The van der Waals surface area contributed by atoms with Gasteiger partial charge < -0.3 is 15.2 Å². The molecule has 0 spiro atoms. The average molecular weight is 284 g/mol. The molecule has 3 N–H and O–H groups in total. The fourth-order valence-electron chi connectivity index (χ4n) is 1.62. The first-order valence-electron chi connectivity index (χ1n) is 5.69. The molecule has 1 aliphatic heterocycles. The Morgan fingerprint density at radius 1 is 1.35 bits per heavy atom. The second-order valence-corrected chi connectivity index (χ2v) is 3.89. The van der Waals surface area contributed by atoms with Crippen molar-refractivity contribution in [3.05, 3.63) is 41.5 Å². The van der Waals surface area contributed by atoms with Crippen molar-refractivity contribution in [2.24, 2.45) is 5.10 Å². The third-order valence-corrected chi connectivity index (χ3v) is 2.67. The Kier molecular flexibility index (Phi) is 3.92. The number of hydrogen-bond donors (Lipinski definition) is 2. The van der Waals surface area contributed by atoms with Crippen LogP contribution in [0, 0.1) is 5.82 Å². The van der Waals surface area contributed by atoms with E-state index in [-0.39, 0.29) is 23.0 Å². The number of nitrogen functional groups attached to an aromatic ring is 1. The van der Waals surface area contributed by atoms with Gasteiger partial charge in [-0.25, -0.2) is 14.2 Å². The first kappa shape index (κ1) is 13.9. The van der Waals surface area contributed by atoms with E-state index in [1.165, 1.54) is 32.4 Å². The predicted molar refractivity (Wildman–Crippen MR) is 69.2 cm³/mol. The summed E-state index contributed by atoms with van der Waals surface area (Å²) in [6.45, 7) is 0. The molecule has 0 radical (unpaired) electrons. The Morgan fingerprint density at radius 3 is 2.75 bits per heavy atom. The van der Waals surface area contributed by atoms with Crippen LogP contribution in [-0.4, -0.2) is 25.2 Å². The van der Waals surface area contributed by atoms with Gasteiger partial charge in [0.15, 0.2) is 0 Å². The van der Waals surface area contributed by atoms with Crippen molar-refractivity contribution < 1.29 is 18.3 Å². The summed E-state index contributed by atoms with van der Waals surface area (Å²) in [5.41, 5.74) is 7.77. The Morgan fingerprint density at radius 2 is 2.10 bits per heavy atom. The molecule has 20 heavy (non-hydrogen) atoms. The van der Waals surface area contributed by atoms with Crippen molar-refractivity contribution in [3.63, 3.8) is 0 Å². The number of hydrogen-bond acceptors (Lipinski definition) is 6. The van der Waals surface area contributed by atoms with E-state index in [0.717, 1.165) is 11.2 Å². The number of ether oxygens (including phenoxy) is 2. The van der Waals surface area contributed by atoms with Gasteiger partial charge in [-0.1, -0.05) is 12.1 Å². The third kappa shape index (κ3) is 2.58. The van der Waals surface area contributed by atoms with E-state index in [4.69, 9.17) is 15.2 Å². The number of methoxy groups -OCH3 is 2. The average Bonchev–Trinajstić information content (AvgIpc) is 2.48. The molecule has 1 atom stereocenters. The molecule has 1 unspecified atom stereocenters. The minimum atomic E-state index is -1.81. The smallest absolute Gasteiger partial charge is 0.238 e. The van der Waals surface area contributed by atoms with Crippen LogP contribution in [0.1, 0.15) is 11.9 Å². The maximum Gasteiger partial charge on any atom is 0.238 e. The van der Waals surface area contributed by atoms with Gasteiger partial charge in [0.05, 0.1) is 26.0 Å². The van der Waals surface area contributed by atoms with Crippen LogP contribution in [0.3, 0.4) is 0 Å². The third-order valence-electron chi connectivity index (χ3n) is 2.67. The molecule has 0 amide bonds. The van der Waals surface area contributed by atoms with Crippen LogP contribution >= 0.6 is 0 Å². The monoisotopic (exact) mass is 284 g/mol. The van der Waals surface area contributed by atoms with E-state index in [2.05, 4.69) is 10.5 Å². The first-order valence-corrected chi connectivity index (χ1v) is 5.69. The molecule has 1 heterocycles. The van der Waals surface area contributed by atoms with Gasteiger partial charge in [-0.15, -0.1) is 5.10 Å². The Balaban J connectivity index is 2.29. The highest BCUT2D eigenvalue weighted by Gasteiger charge is 2.26. The minimum absolute atomic E-state index is 0.0472. The Hall–Kier alpha value is -2.51. The standard InChI is InChI=1S/C12H14F2N4O2/c1-19-9-6-10(20-2)17-18(16-9)12(14)7-4-3-5-8(13)11(7)15/h3-6,12,16H,15H2,1-2H3. The lowest BCUT2D eigenvalue weighted by Crippen LogP contribution is -2.39. The molecule has 2 rings (SSSR count). The van der Waals surface area contributed by atoms with Gasteiger partial charge >= 0.3 is 0 Å². The first-order chi connectivity index (χ1) is 9.56. The molecule has 1 aliphatic rings. The molecule has 0 bridgehead atoms. The van der Waals surface area contributed by atoms with E-state index >= 15 is 0 Å². The van der Waals surface area contributed by atoms with E-state index in [9.17, 15) is 8.78 Å². The minimum Gasteiger partial charge on any atom is -0.481 e. The summed E-state index contributed by atoms with van der Waals surface area (Å²) in [6.07, 6.45) is -0.368. The number of hydrazine groups is 1. The summed E-state index contributed by atoms with van der Waals surface area (Å²) in [4.78, 5) is 0. The zero-order valence-electron chi connectivity index (χ0n) is 10.9. The lowest BCUT2D eigenvalue weighted by molar-refractivity contribution is 0.0177. The molecule has 0 aromatic heterocycles. The summed E-state index contributed by atoms with van der Waals surface area (Å²) in [5.74, 6) is -0.326. The van der Waals surface area contributed by atoms with Crippen molar-refractivity contribution >= 4 is 11.6 Å². The van der Waals surface area contributed by atoms with E-state index in [1.807, 2.05) is 0 Å². The predicted octanol–water partition coefficient (Wildman–Crippen LogP) is 1.64. The fraction of sp³-hybridized carbons (Fsp3) is 0.250. The summed E-state index contributed by atoms with van der Waals surface area (Å²) >= 11 is 0. The Labute approximate surface area is 114 Å². The maximum atomic E-state index is 14.5. The van der Waals surface area contributed by atoms with Crippen LogP contribution in [0.25, 0.3) is 0 Å². The number of nitrogens with zero attached hydrogens (tertiary/aromatic N) is 2. The van der Waals surface area contributed by atoms with E-state index < -0.39 is 12.1 Å². The van der Waals surface area contributed by atoms with Crippen LogP contribution in [0.5, 0.6) is 0 Å². The van der Waals surface area contributed by atoms with Crippen LogP contribution in [0.2, 0.25) is 0 Å². The van der Waals surface area contributed by atoms with Crippen LogP contribution < -0.4 is 11.2 Å². The number of nitrogens with two attached hydrogens (primary N) is 1. The number of anilines is 1. The lowest BCUT2D eigenvalue weighted by atomic mass is 10.1. The van der Waals surface area contributed by atoms with Crippen molar-refractivity contribution in [2.75, 3.05) is 20.0 Å². The molecule has 108 valence electrons. The van der Waals surface area contributed by atoms with Crippen LogP contribution in [-0.2, 0) is 9.47 Å². The number of nitrogens with one attached hydrogen (secondary N) is 1. The highest BCUT2D eigenvalue weighted by Crippen LogP contribution is 2.29. The SMILES string of the molecule is COC1=CC(OC)=NN(C(F)c2cccc(F)c2N)N1. The molecular weight excluding hydrogens is 270 g/mol. The number of halogens is 2.